The number of aliphatic carboxylic acids is 4. The summed E-state index contributed by atoms with van der Waals surface area (Å²) in [6.07, 6.45) is -84.8. The summed E-state index contributed by atoms with van der Waals surface area (Å²) < 4.78 is 342. The van der Waals surface area contributed by atoms with E-state index in [4.69, 9.17) is 66.3 Å². The predicted molar refractivity (Wildman–Crippen MR) is 326 cm³/mol. The average molecular weight is 1800 g/mol. The number of aliphatic hydroxyl groups is 9. The number of carbonyl (C=O) groups is 5. The molecule has 654 valence electrons. The topological polar surface area (TPSA) is 940 Å². The SMILES string of the molecule is CO[C@@H]1O[C@@H](C(=O)O)[C@@H](O[C@H]2O[C@H](COS(=O)(=O)O)[C@@H](O[C@@H]3O[C@@H](C(=O)O)[C@@H](O[C@H]4O[C@H](COS(=O)(=O)O)[C@@H](O[C@@H]5O[C@H](C(=O)O)[C@@H](O[C@H]6O[C@H](COS(=O)(=O)O)[C@@H](O[C@@H]7OC(C(=O)O)=C[C@H](O)[C@H]7O)[C@H](O)[C@H]6NC(C)=O)[C@H](O)[C@H]5O)[C@H](OS(=O)(=O)O)[C@H]4NS(=O)(=O)O)[C@H](O)[C@H]3OS(=O)(=O)O)[C@H](O)[C@H]2NS(=O)(=O)O)[C@H](O)[C@H]1O. The molecule has 0 unspecified atom stereocenters. The normalized spacial score (nSPS) is 39.9. The largest absolute Gasteiger partial charge is 0.479 e. The molecule has 1 amide bonds. The van der Waals surface area contributed by atoms with E-state index in [0.717, 1.165) is 11.8 Å². The van der Waals surface area contributed by atoms with Gasteiger partial charge < -0.3 is 138 Å². The smallest absolute Gasteiger partial charge is 0.397 e. The van der Waals surface area contributed by atoms with Gasteiger partial charge in [-0.15, -0.1) is 0 Å². The van der Waals surface area contributed by atoms with Gasteiger partial charge in [0.25, 0.3) is 0 Å². The highest BCUT2D eigenvalue weighted by Gasteiger charge is 2.63. The fourth-order valence-electron chi connectivity index (χ4n) is 11.7. The summed E-state index contributed by atoms with van der Waals surface area (Å²) in [4.78, 5) is 63.2. The van der Waals surface area contributed by atoms with Crippen molar-refractivity contribution in [3.8, 4) is 0 Å². The Morgan fingerprint density at radius 3 is 1.12 bits per heavy atom. The first-order chi connectivity index (χ1) is 51.7. The van der Waals surface area contributed by atoms with E-state index in [1.165, 1.54) is 4.72 Å². The van der Waals surface area contributed by atoms with Crippen molar-refractivity contribution in [2.75, 3.05) is 26.9 Å². The van der Waals surface area contributed by atoms with E-state index in [0.29, 0.717) is 13.0 Å². The summed E-state index contributed by atoms with van der Waals surface area (Å²) in [6, 6.07) is -8.52. The number of carboxylic acids is 4. The molecule has 0 bridgehead atoms. The fraction of sp³-hybridized carbons (Fsp3) is 0.844. The van der Waals surface area contributed by atoms with E-state index in [1.54, 1.807) is 0 Å². The van der Waals surface area contributed by atoms with Crippen LogP contribution in [0.3, 0.4) is 0 Å². The lowest BCUT2D eigenvalue weighted by molar-refractivity contribution is -0.377. The van der Waals surface area contributed by atoms with Crippen molar-refractivity contribution < 1.29 is 268 Å². The molecule has 0 aliphatic carbocycles. The van der Waals surface area contributed by atoms with Crippen LogP contribution in [0, 0.1) is 0 Å². The Labute approximate surface area is 631 Å². The number of amides is 1. The fourth-order valence-corrected chi connectivity index (χ4v) is 14.8. The third kappa shape index (κ3) is 25.6. The molecule has 113 heavy (non-hydrogen) atoms. The van der Waals surface area contributed by atoms with Gasteiger partial charge in [-0.1, -0.05) is 0 Å². The molecule has 7 rings (SSSR count). The van der Waals surface area contributed by atoms with E-state index in [1.807, 2.05) is 5.32 Å². The Balaban J connectivity index is 1.26. The maximum absolute atomic E-state index is 13.3. The van der Waals surface area contributed by atoms with Crippen molar-refractivity contribution in [2.45, 2.75) is 209 Å². The molecule has 68 heteroatoms. The Morgan fingerprint density at radius 1 is 0.372 bits per heavy atom. The van der Waals surface area contributed by atoms with Crippen LogP contribution in [0.2, 0.25) is 0 Å². The highest BCUT2D eigenvalue weighted by atomic mass is 32.3. The molecule has 7 aliphatic heterocycles. The number of methoxy groups -OCH3 is 1. The van der Waals surface area contributed by atoms with Gasteiger partial charge >= 0.3 is 96.5 Å². The number of aliphatic hydroxyl groups excluding tert-OH is 9. The second kappa shape index (κ2) is 37.2. The minimum absolute atomic E-state index is 0.456. The van der Waals surface area contributed by atoms with Gasteiger partial charge in [-0.05, 0) is 6.08 Å². The first-order valence-corrected chi connectivity index (χ1v) is 40.1. The maximum Gasteiger partial charge on any atom is 0.397 e. The zero-order valence-electron chi connectivity index (χ0n) is 55.6. The van der Waals surface area contributed by atoms with E-state index >= 15 is 0 Å². The Kier molecular flexibility index (Phi) is 31.3. The lowest BCUT2D eigenvalue weighted by atomic mass is 9.94. The van der Waals surface area contributed by atoms with E-state index < -0.39 is 331 Å². The summed E-state index contributed by atoms with van der Waals surface area (Å²) >= 11 is 0. The van der Waals surface area contributed by atoms with Gasteiger partial charge in [0.2, 0.25) is 18.0 Å². The predicted octanol–water partition coefficient (Wildman–Crippen LogP) is -16.0. The van der Waals surface area contributed by atoms with Crippen molar-refractivity contribution in [1.82, 2.24) is 14.8 Å². The molecule has 33 atom stereocenters. The average Bonchev–Trinajstić information content (AvgIpc) is 0.749. The van der Waals surface area contributed by atoms with E-state index in [9.17, 15) is 181 Å². The molecule has 7 heterocycles. The molecule has 7 aliphatic rings. The zero-order valence-corrected chi connectivity index (χ0v) is 61.3. The van der Waals surface area contributed by atoms with E-state index in [2.05, 4.69) is 20.9 Å². The number of rotatable bonds is 35. The molecule has 0 aromatic heterocycles. The van der Waals surface area contributed by atoms with Crippen LogP contribution in [0.15, 0.2) is 11.8 Å². The maximum atomic E-state index is 13.3. The quantitative estimate of drug-likeness (QED) is 0.0262. The molecule has 6 fully saturated rings. The van der Waals surface area contributed by atoms with Crippen LogP contribution in [0.5, 0.6) is 0 Å². The Bertz CT molecular complexity index is 4250. The standard InChI is InChI=1S/C45H69N3O58S7/c1-7(49)46-13-17(52)24(96-43-16(51)8(50)3-9(92-43)35(59)60)10(4-89-109(73,74)75)93-39(13)99-29-20(55)22(57)44(103-33(29)37(63)64)98-26-12(6-91-111(79,80)81)95-41(15(48-108(70,71)72)27(26)105-112(82,83)84)101-30-23(58)31(106-113(85,86)87)45(104-34(30)38(65)66)97-25-11(5-90-110(76,77)78)94-40(14(18(25)53)47-107(67,68)69)100-28-19(54)21(56)42(88-2)102-32(28)36(61)62/h3,8,10-34,39-45,47-48,50-58H,4-6H2,1-2H3,(H,46,49)(H,59,60)(H,61,62)(H,63,64)(H,65,66)(H,67,68,69)(H,70,71,72)(H,73,74,75)(H,76,77,78)(H,79,80,81)(H,82,83,84)(H,85,86,87)/t8-,10+,11+,12+,13+,14+,15+,16+,17+,18+,19+,20+,21+,22+,23-,24+,25+,26+,27+,28-,29-,30-,31+,32+,33-,34+,39+,40+,41+,42+,43-,44+,45+/m0/s1. The molecule has 0 radical (unpaired) electrons. The van der Waals surface area contributed by atoms with E-state index in [-0.39, 0.29) is 0 Å². The highest BCUT2D eigenvalue weighted by Crippen LogP contribution is 2.40. The van der Waals surface area contributed by atoms with Crippen molar-refractivity contribution >= 4 is 102 Å². The lowest BCUT2D eigenvalue weighted by Crippen LogP contribution is -2.71. The van der Waals surface area contributed by atoms with Crippen LogP contribution < -0.4 is 14.8 Å². The number of hydrogen-bond acceptors (Lipinski definition) is 47. The van der Waals surface area contributed by atoms with Crippen LogP contribution in [-0.4, -0.2) is 416 Å². The number of carbonyl (C=O) groups excluding carboxylic acids is 1. The van der Waals surface area contributed by atoms with Gasteiger partial charge in [-0.2, -0.15) is 68.4 Å². The minimum Gasteiger partial charge on any atom is -0.479 e. The van der Waals surface area contributed by atoms with Crippen molar-refractivity contribution in [3.05, 3.63) is 11.8 Å². The van der Waals surface area contributed by atoms with Gasteiger partial charge in [0.1, 0.15) is 134 Å². The van der Waals surface area contributed by atoms with Crippen molar-refractivity contribution in [1.29, 1.82) is 0 Å². The van der Waals surface area contributed by atoms with Gasteiger partial charge in [0.05, 0.1) is 19.8 Å². The molecule has 0 spiro atoms. The summed E-state index contributed by atoms with van der Waals surface area (Å²) in [6.45, 7) is -4.78. The lowest BCUT2D eigenvalue weighted by Gasteiger charge is -2.50. The minimum atomic E-state index is -6.46. The van der Waals surface area contributed by atoms with Crippen molar-refractivity contribution in [3.63, 3.8) is 0 Å². The number of hydrogen-bond donors (Lipinski definition) is 23. The van der Waals surface area contributed by atoms with Gasteiger partial charge in [0, 0.05) is 14.0 Å². The summed E-state index contributed by atoms with van der Waals surface area (Å²) in [5.41, 5.74) is 0. The first kappa shape index (κ1) is 95.2. The number of carboxylic acid groups (broad SMARTS) is 4. The number of nitrogens with one attached hydrogen (secondary N) is 3. The van der Waals surface area contributed by atoms with Crippen LogP contribution in [0.4, 0.5) is 0 Å². The third-order valence-corrected chi connectivity index (χ3v) is 19.6. The molecule has 0 aromatic carbocycles. The van der Waals surface area contributed by atoms with Crippen LogP contribution in [0.25, 0.3) is 0 Å². The summed E-state index contributed by atoms with van der Waals surface area (Å²) in [7, 11) is -41.5. The Hall–Kier alpha value is -4.90. The number of ether oxygens (including phenoxy) is 14. The van der Waals surface area contributed by atoms with Crippen molar-refractivity contribution in [2.24, 2.45) is 0 Å². The zero-order chi connectivity index (χ0) is 85.4. The van der Waals surface area contributed by atoms with Gasteiger partial charge in [-0.25, -0.2) is 40.1 Å². The summed E-state index contributed by atoms with van der Waals surface area (Å²) in [5.74, 6) is -11.4. The van der Waals surface area contributed by atoms with Gasteiger partial charge in [0.15, 0.2) is 62.2 Å². The second-order valence-corrected chi connectivity index (χ2v) is 31.8. The molecule has 0 aromatic rings. The Morgan fingerprint density at radius 2 is 0.717 bits per heavy atom. The summed E-state index contributed by atoms with van der Waals surface area (Å²) in [5, 5.41) is 144. The molecule has 23 N–H and O–H groups in total. The molecule has 0 saturated carbocycles. The highest BCUT2D eigenvalue weighted by molar-refractivity contribution is 7.84. The molecular weight excluding hydrogens is 1730 g/mol. The second-order valence-electron chi connectivity index (χ2n) is 24.1. The third-order valence-electron chi connectivity index (χ3n) is 16.3. The van der Waals surface area contributed by atoms with Crippen LogP contribution in [0.1, 0.15) is 6.92 Å². The monoisotopic (exact) mass is 1800 g/mol. The molecule has 61 nitrogen and oxygen atoms in total. The van der Waals surface area contributed by atoms with Gasteiger partial charge in [-0.3, -0.25) is 36.7 Å². The molecule has 6 saturated heterocycles. The van der Waals surface area contributed by atoms with Crippen LogP contribution in [-0.2, 0) is 184 Å². The first-order valence-electron chi connectivity index (χ1n) is 30.4. The van der Waals surface area contributed by atoms with Crippen LogP contribution >= 0.6 is 0 Å². The molecular formula is C45H69N3O58S7.